The molecule has 0 radical (unpaired) electrons. The highest BCUT2D eigenvalue weighted by molar-refractivity contribution is 6.24. The van der Waals surface area contributed by atoms with Gasteiger partial charge in [0.05, 0.1) is 23.6 Å². The number of imide groups is 1. The zero-order valence-electron chi connectivity index (χ0n) is 13.8. The Hall–Kier alpha value is -3.28. The number of hydrogen-bond donors (Lipinski definition) is 0. The van der Waals surface area contributed by atoms with Crippen molar-refractivity contribution in [3.8, 4) is 11.5 Å². The van der Waals surface area contributed by atoms with Gasteiger partial charge < -0.3 is 4.74 Å². The first-order valence-corrected chi connectivity index (χ1v) is 8.34. The number of carbonyl (C=O) groups excluding carboxylic acids is 4. The van der Waals surface area contributed by atoms with Crippen LogP contribution in [0.4, 0.5) is 0 Å². The summed E-state index contributed by atoms with van der Waals surface area (Å²) in [6.07, 6.45) is 0.140. The Morgan fingerprint density at radius 2 is 1.65 bits per heavy atom. The van der Waals surface area contributed by atoms with E-state index in [0.717, 1.165) is 4.90 Å². The first-order chi connectivity index (χ1) is 12.6. The molecule has 2 aliphatic rings. The Labute approximate surface area is 149 Å². The van der Waals surface area contributed by atoms with Crippen molar-refractivity contribution in [3.05, 3.63) is 59.7 Å². The number of ketones is 2. The molecule has 130 valence electrons. The summed E-state index contributed by atoms with van der Waals surface area (Å²) in [5.74, 6) is -0.800. The van der Waals surface area contributed by atoms with E-state index in [-0.39, 0.29) is 47.7 Å². The van der Waals surface area contributed by atoms with E-state index < -0.39 is 17.9 Å². The lowest BCUT2D eigenvalue weighted by molar-refractivity contribution is -0.132. The zero-order chi connectivity index (χ0) is 18.3. The smallest absolute Gasteiger partial charge is 0.266 e. The van der Waals surface area contributed by atoms with Gasteiger partial charge in [-0.15, -0.1) is 0 Å². The number of nitrogens with zero attached hydrogens (tertiary/aromatic N) is 1. The van der Waals surface area contributed by atoms with Gasteiger partial charge in [0, 0.05) is 6.42 Å². The molecule has 6 nitrogen and oxygen atoms in total. The molecule has 1 aliphatic heterocycles. The first kappa shape index (κ1) is 16.2. The van der Waals surface area contributed by atoms with Gasteiger partial charge in [0.1, 0.15) is 17.3 Å². The fraction of sp³-hybridized carbons (Fsp3) is 0.200. The fourth-order valence-corrected chi connectivity index (χ4v) is 3.39. The van der Waals surface area contributed by atoms with Crippen LogP contribution in [0, 0.1) is 0 Å². The molecule has 2 aromatic carbocycles. The van der Waals surface area contributed by atoms with Crippen LogP contribution in [0.15, 0.2) is 48.5 Å². The van der Waals surface area contributed by atoms with Crippen molar-refractivity contribution in [2.75, 3.05) is 0 Å². The van der Waals surface area contributed by atoms with Crippen LogP contribution >= 0.6 is 0 Å². The molecule has 4 rings (SSSR count). The molecular formula is C20H15NO5. The van der Waals surface area contributed by atoms with Crippen molar-refractivity contribution >= 4 is 23.4 Å². The van der Waals surface area contributed by atoms with Crippen LogP contribution in [-0.4, -0.2) is 34.3 Å². The van der Waals surface area contributed by atoms with Gasteiger partial charge in [-0.1, -0.05) is 24.3 Å². The molecule has 1 aliphatic carbocycles. The van der Waals surface area contributed by atoms with Crippen molar-refractivity contribution in [1.29, 1.82) is 0 Å². The second-order valence-electron chi connectivity index (χ2n) is 6.31. The van der Waals surface area contributed by atoms with Crippen molar-refractivity contribution in [2.45, 2.75) is 25.3 Å². The molecule has 1 fully saturated rings. The van der Waals surface area contributed by atoms with E-state index in [9.17, 15) is 19.2 Å². The van der Waals surface area contributed by atoms with Crippen LogP contribution < -0.4 is 4.74 Å². The van der Waals surface area contributed by atoms with E-state index in [1.54, 1.807) is 42.5 Å². The van der Waals surface area contributed by atoms with E-state index in [4.69, 9.17) is 4.74 Å². The van der Waals surface area contributed by atoms with Gasteiger partial charge in [0.2, 0.25) is 0 Å². The van der Waals surface area contributed by atoms with Crippen LogP contribution in [0.1, 0.15) is 40.0 Å². The third kappa shape index (κ3) is 2.60. The Morgan fingerprint density at radius 3 is 2.38 bits per heavy atom. The van der Waals surface area contributed by atoms with Gasteiger partial charge in [-0.2, -0.15) is 0 Å². The molecule has 2 amide bonds. The summed E-state index contributed by atoms with van der Waals surface area (Å²) in [5, 5.41) is 0. The standard InChI is InChI=1S/C20H15NO5/c22-12-9-10-15(16(23)11-12)21-19(24)14-7-4-8-17(18(14)20(21)25)26-13-5-2-1-3-6-13/h1-8,15H,9-11H2. The van der Waals surface area contributed by atoms with Crippen LogP contribution in [0.2, 0.25) is 0 Å². The highest BCUT2D eigenvalue weighted by atomic mass is 16.5. The minimum absolute atomic E-state index is 0.157. The predicted octanol–water partition coefficient (Wildman–Crippen LogP) is 2.77. The molecule has 26 heavy (non-hydrogen) atoms. The average Bonchev–Trinajstić information content (AvgIpc) is 2.88. The van der Waals surface area contributed by atoms with Gasteiger partial charge in [0.25, 0.3) is 11.8 Å². The Bertz CT molecular complexity index is 934. The minimum Gasteiger partial charge on any atom is -0.457 e. The summed E-state index contributed by atoms with van der Waals surface area (Å²) < 4.78 is 5.78. The lowest BCUT2D eigenvalue weighted by atomic mass is 9.92. The Balaban J connectivity index is 1.69. The summed E-state index contributed by atoms with van der Waals surface area (Å²) in [4.78, 5) is 50.3. The fourth-order valence-electron chi connectivity index (χ4n) is 3.39. The summed E-state index contributed by atoms with van der Waals surface area (Å²) in [6.45, 7) is 0. The summed E-state index contributed by atoms with van der Waals surface area (Å²) in [7, 11) is 0. The third-order valence-electron chi connectivity index (χ3n) is 4.63. The van der Waals surface area contributed by atoms with Gasteiger partial charge in [-0.05, 0) is 30.7 Å². The van der Waals surface area contributed by atoms with Crippen molar-refractivity contribution in [1.82, 2.24) is 4.90 Å². The van der Waals surface area contributed by atoms with Gasteiger partial charge in [-0.25, -0.2) is 0 Å². The molecular weight excluding hydrogens is 334 g/mol. The molecule has 0 saturated heterocycles. The lowest BCUT2D eigenvalue weighted by Gasteiger charge is -2.27. The molecule has 0 N–H and O–H groups in total. The Kier molecular flexibility index (Phi) is 3.88. The zero-order valence-corrected chi connectivity index (χ0v) is 13.8. The number of para-hydroxylation sites is 1. The number of Topliss-reactive ketones (excluding diaryl/α,β-unsaturated/α-hetero) is 2. The van der Waals surface area contributed by atoms with Crippen LogP contribution in [0.25, 0.3) is 0 Å². The largest absolute Gasteiger partial charge is 0.457 e. The highest BCUT2D eigenvalue weighted by Crippen LogP contribution is 2.36. The highest BCUT2D eigenvalue weighted by Gasteiger charge is 2.45. The number of ether oxygens (including phenoxy) is 1. The first-order valence-electron chi connectivity index (χ1n) is 8.34. The molecule has 6 heteroatoms. The van der Waals surface area contributed by atoms with Crippen molar-refractivity contribution in [2.24, 2.45) is 0 Å². The number of carbonyl (C=O) groups is 4. The summed E-state index contributed by atoms with van der Waals surface area (Å²) in [6, 6.07) is 12.9. The quantitative estimate of drug-likeness (QED) is 0.629. The molecule has 1 unspecified atom stereocenters. The predicted molar refractivity (Wildman–Crippen MR) is 91.1 cm³/mol. The number of hydrogen-bond acceptors (Lipinski definition) is 5. The molecule has 0 aromatic heterocycles. The molecule has 0 spiro atoms. The number of fused-ring (bicyclic) bond motifs is 1. The maximum atomic E-state index is 12.9. The van der Waals surface area contributed by atoms with Crippen molar-refractivity contribution in [3.63, 3.8) is 0 Å². The molecule has 2 aromatic rings. The van der Waals surface area contributed by atoms with E-state index >= 15 is 0 Å². The molecule has 1 saturated carbocycles. The third-order valence-corrected chi connectivity index (χ3v) is 4.63. The lowest BCUT2D eigenvalue weighted by Crippen LogP contribution is -2.47. The monoisotopic (exact) mass is 349 g/mol. The number of rotatable bonds is 3. The van der Waals surface area contributed by atoms with Crippen molar-refractivity contribution < 1.29 is 23.9 Å². The summed E-state index contributed by atoms with van der Waals surface area (Å²) >= 11 is 0. The van der Waals surface area contributed by atoms with E-state index in [1.165, 1.54) is 0 Å². The average molecular weight is 349 g/mol. The second kappa shape index (κ2) is 6.22. The van der Waals surface area contributed by atoms with Gasteiger partial charge in [-0.3, -0.25) is 24.1 Å². The van der Waals surface area contributed by atoms with Gasteiger partial charge >= 0.3 is 0 Å². The Morgan fingerprint density at radius 1 is 0.885 bits per heavy atom. The topological polar surface area (TPSA) is 80.8 Å². The maximum Gasteiger partial charge on any atom is 0.266 e. The van der Waals surface area contributed by atoms with Gasteiger partial charge in [0.15, 0.2) is 5.78 Å². The maximum absolute atomic E-state index is 12.9. The van der Waals surface area contributed by atoms with Crippen LogP contribution in [-0.2, 0) is 9.59 Å². The minimum atomic E-state index is -0.885. The SMILES string of the molecule is O=C1CCC(N2C(=O)c3cccc(Oc4ccccc4)c3C2=O)C(=O)C1. The molecule has 0 bridgehead atoms. The van der Waals surface area contributed by atoms with E-state index in [2.05, 4.69) is 0 Å². The summed E-state index contributed by atoms with van der Waals surface area (Å²) in [5.41, 5.74) is 0.374. The van der Waals surface area contributed by atoms with E-state index in [1.807, 2.05) is 6.07 Å². The van der Waals surface area contributed by atoms with Crippen LogP contribution in [0.3, 0.4) is 0 Å². The molecule has 1 atom stereocenters. The normalized spacial score (nSPS) is 19.7. The van der Waals surface area contributed by atoms with E-state index in [0.29, 0.717) is 5.75 Å². The molecule has 1 heterocycles. The van der Waals surface area contributed by atoms with Crippen LogP contribution in [0.5, 0.6) is 11.5 Å². The number of benzene rings is 2. The number of amides is 2. The second-order valence-corrected chi connectivity index (χ2v) is 6.31.